The van der Waals surface area contributed by atoms with Crippen LogP contribution in [0.4, 0.5) is 0 Å². The van der Waals surface area contributed by atoms with Gasteiger partial charge in [0.05, 0.1) is 13.2 Å². The fourth-order valence-electron chi connectivity index (χ4n) is 1.78. The molecule has 1 nitrogen and oxygen atoms in total. The first kappa shape index (κ1) is 14.7. The number of ether oxygens (including phenoxy) is 1. The first-order valence-electron chi connectivity index (χ1n) is 6.81. The largest absolute Gasteiger partial charge is 0.373 e. The normalized spacial score (nSPS) is 10.9. The molecule has 0 heterocycles. The first-order valence-corrected chi connectivity index (χ1v) is 6.81. The molecule has 0 saturated heterocycles. The van der Waals surface area contributed by atoms with E-state index in [1.54, 1.807) is 6.08 Å². The summed E-state index contributed by atoms with van der Waals surface area (Å²) >= 11 is 0. The van der Waals surface area contributed by atoms with Crippen molar-refractivity contribution in [3.05, 3.63) is 54.1 Å². The van der Waals surface area contributed by atoms with E-state index in [0.717, 1.165) is 0 Å². The fourth-order valence-corrected chi connectivity index (χ4v) is 1.78. The Hall–Kier alpha value is -1.34. The molecular weight excluding hydrogens is 220 g/mol. The number of aryl methyl sites for hydroxylation is 1. The molecular formula is C17H24O. The fraction of sp³-hybridized carbons (Fsp3) is 0.412. The average molecular weight is 244 g/mol. The van der Waals surface area contributed by atoms with Crippen LogP contribution in [0.5, 0.6) is 0 Å². The number of rotatable bonds is 9. The Bertz CT molecular complexity index is 348. The maximum absolute atomic E-state index is 5.29. The minimum atomic E-state index is 0.612. The highest BCUT2D eigenvalue weighted by molar-refractivity contribution is 5.49. The van der Waals surface area contributed by atoms with Gasteiger partial charge in [0, 0.05) is 0 Å². The van der Waals surface area contributed by atoms with Crippen LogP contribution >= 0.6 is 0 Å². The van der Waals surface area contributed by atoms with Gasteiger partial charge in [0.2, 0.25) is 0 Å². The summed E-state index contributed by atoms with van der Waals surface area (Å²) in [5.74, 6) is 0. The molecule has 0 aromatic heterocycles. The van der Waals surface area contributed by atoms with E-state index in [4.69, 9.17) is 4.74 Å². The third kappa shape index (κ3) is 6.41. The Balaban J connectivity index is 2.32. The smallest absolute Gasteiger partial charge is 0.0654 e. The minimum Gasteiger partial charge on any atom is -0.373 e. The highest BCUT2D eigenvalue weighted by atomic mass is 16.5. The quantitative estimate of drug-likeness (QED) is 0.454. The molecule has 0 aliphatic heterocycles. The van der Waals surface area contributed by atoms with Gasteiger partial charge in [-0.15, -0.1) is 6.58 Å². The Morgan fingerprint density at radius 2 is 1.89 bits per heavy atom. The van der Waals surface area contributed by atoms with Crippen molar-refractivity contribution < 1.29 is 4.74 Å². The molecule has 18 heavy (non-hydrogen) atoms. The highest BCUT2D eigenvalue weighted by Crippen LogP contribution is 2.09. The summed E-state index contributed by atoms with van der Waals surface area (Å²) in [4.78, 5) is 0. The molecule has 1 rings (SSSR count). The predicted octanol–water partition coefficient (Wildman–Crippen LogP) is 4.64. The molecule has 1 aromatic carbocycles. The summed E-state index contributed by atoms with van der Waals surface area (Å²) in [7, 11) is 0. The van der Waals surface area contributed by atoms with Crippen molar-refractivity contribution in [2.75, 3.05) is 13.2 Å². The van der Waals surface area contributed by atoms with Crippen LogP contribution in [-0.2, 0) is 11.2 Å². The lowest BCUT2D eigenvalue weighted by Crippen LogP contribution is -1.89. The molecule has 0 radical (unpaired) electrons. The van der Waals surface area contributed by atoms with Crippen molar-refractivity contribution in [3.8, 4) is 0 Å². The second kappa shape index (κ2) is 9.67. The van der Waals surface area contributed by atoms with Crippen LogP contribution in [0, 0.1) is 0 Å². The summed E-state index contributed by atoms with van der Waals surface area (Å²) in [5, 5.41) is 0. The standard InChI is InChI=1S/C17H24O/c1-3-5-6-8-16-10-12-17(13-11-16)9-7-15-18-14-4-2/h4,7,9-13H,2-3,5-6,8,14-15H2,1H3/b9-7+. The van der Waals surface area contributed by atoms with Crippen molar-refractivity contribution in [1.82, 2.24) is 0 Å². The number of benzene rings is 1. The monoisotopic (exact) mass is 244 g/mol. The Morgan fingerprint density at radius 1 is 1.11 bits per heavy atom. The molecule has 0 amide bonds. The molecule has 0 fully saturated rings. The zero-order valence-electron chi connectivity index (χ0n) is 11.4. The molecule has 1 aromatic rings. The molecule has 0 aliphatic carbocycles. The second-order valence-electron chi connectivity index (χ2n) is 4.43. The number of unbranched alkanes of at least 4 members (excludes halogenated alkanes) is 2. The van der Waals surface area contributed by atoms with Gasteiger partial charge in [-0.1, -0.05) is 62.3 Å². The molecule has 1 heteroatoms. The van der Waals surface area contributed by atoms with Gasteiger partial charge in [0.25, 0.3) is 0 Å². The van der Waals surface area contributed by atoms with Crippen molar-refractivity contribution in [3.63, 3.8) is 0 Å². The molecule has 98 valence electrons. The van der Waals surface area contributed by atoms with E-state index in [9.17, 15) is 0 Å². The molecule has 0 aliphatic rings. The van der Waals surface area contributed by atoms with Gasteiger partial charge in [-0.3, -0.25) is 0 Å². The van der Waals surface area contributed by atoms with Gasteiger partial charge in [0.15, 0.2) is 0 Å². The summed E-state index contributed by atoms with van der Waals surface area (Å²) in [6.07, 6.45) is 11.0. The number of hydrogen-bond donors (Lipinski definition) is 0. The van der Waals surface area contributed by atoms with Crippen LogP contribution in [0.1, 0.15) is 37.3 Å². The van der Waals surface area contributed by atoms with E-state index < -0.39 is 0 Å². The second-order valence-corrected chi connectivity index (χ2v) is 4.43. The minimum absolute atomic E-state index is 0.612. The predicted molar refractivity (Wildman–Crippen MR) is 79.7 cm³/mol. The van der Waals surface area contributed by atoms with Crippen molar-refractivity contribution in [2.24, 2.45) is 0 Å². The van der Waals surface area contributed by atoms with Crippen molar-refractivity contribution in [2.45, 2.75) is 32.6 Å². The number of hydrogen-bond acceptors (Lipinski definition) is 1. The third-order valence-electron chi connectivity index (χ3n) is 2.81. The Kier molecular flexibility index (Phi) is 7.90. The molecule has 0 bridgehead atoms. The Morgan fingerprint density at radius 3 is 2.56 bits per heavy atom. The van der Waals surface area contributed by atoms with Crippen LogP contribution in [0.3, 0.4) is 0 Å². The lowest BCUT2D eigenvalue weighted by Gasteiger charge is -2.01. The molecule has 0 atom stereocenters. The van der Waals surface area contributed by atoms with Gasteiger partial charge in [-0.25, -0.2) is 0 Å². The van der Waals surface area contributed by atoms with Gasteiger partial charge in [-0.05, 0) is 24.0 Å². The van der Waals surface area contributed by atoms with Crippen LogP contribution in [0.2, 0.25) is 0 Å². The summed E-state index contributed by atoms with van der Waals surface area (Å²) in [6.45, 7) is 7.10. The average Bonchev–Trinajstić information content (AvgIpc) is 2.40. The molecule has 0 spiro atoms. The van der Waals surface area contributed by atoms with Crippen LogP contribution in [-0.4, -0.2) is 13.2 Å². The SMILES string of the molecule is C=CCOC/C=C/c1ccc(CCCCC)cc1. The van der Waals surface area contributed by atoms with Gasteiger partial charge in [0.1, 0.15) is 0 Å². The van der Waals surface area contributed by atoms with E-state index in [1.165, 1.54) is 36.8 Å². The lowest BCUT2D eigenvalue weighted by molar-refractivity contribution is 0.194. The third-order valence-corrected chi connectivity index (χ3v) is 2.81. The summed E-state index contributed by atoms with van der Waals surface area (Å²) < 4.78 is 5.29. The lowest BCUT2D eigenvalue weighted by atomic mass is 10.1. The zero-order chi connectivity index (χ0) is 13.1. The van der Waals surface area contributed by atoms with Gasteiger partial charge >= 0.3 is 0 Å². The van der Waals surface area contributed by atoms with E-state index in [-0.39, 0.29) is 0 Å². The van der Waals surface area contributed by atoms with Gasteiger partial charge in [-0.2, -0.15) is 0 Å². The van der Waals surface area contributed by atoms with Gasteiger partial charge < -0.3 is 4.74 Å². The maximum Gasteiger partial charge on any atom is 0.0654 e. The van der Waals surface area contributed by atoms with E-state index in [2.05, 4.69) is 43.8 Å². The topological polar surface area (TPSA) is 9.23 Å². The molecule has 0 N–H and O–H groups in total. The first-order chi connectivity index (χ1) is 8.86. The van der Waals surface area contributed by atoms with Crippen molar-refractivity contribution >= 4 is 6.08 Å². The van der Waals surface area contributed by atoms with E-state index >= 15 is 0 Å². The van der Waals surface area contributed by atoms with E-state index in [0.29, 0.717) is 13.2 Å². The summed E-state index contributed by atoms with van der Waals surface area (Å²) in [6, 6.07) is 8.79. The molecule has 0 unspecified atom stereocenters. The summed E-state index contributed by atoms with van der Waals surface area (Å²) in [5.41, 5.74) is 2.67. The van der Waals surface area contributed by atoms with Crippen LogP contribution in [0.15, 0.2) is 43.0 Å². The highest BCUT2D eigenvalue weighted by Gasteiger charge is 1.93. The maximum atomic E-state index is 5.29. The van der Waals surface area contributed by atoms with Crippen LogP contribution < -0.4 is 0 Å². The van der Waals surface area contributed by atoms with Crippen LogP contribution in [0.25, 0.3) is 6.08 Å². The zero-order valence-corrected chi connectivity index (χ0v) is 11.4. The van der Waals surface area contributed by atoms with Crippen molar-refractivity contribution in [1.29, 1.82) is 0 Å². The molecule has 0 saturated carbocycles. The Labute approximate surface area is 111 Å². The van der Waals surface area contributed by atoms with E-state index in [1.807, 2.05) is 6.08 Å².